The number of hydrogen-bond acceptors (Lipinski definition) is 3. The molecule has 0 spiro atoms. The van der Waals surface area contributed by atoms with Crippen LogP contribution in [0, 0.1) is 46.3 Å². The lowest BCUT2D eigenvalue weighted by atomic mass is 9.39. The van der Waals surface area contributed by atoms with E-state index in [-0.39, 0.29) is 11.5 Å². The van der Waals surface area contributed by atoms with Gasteiger partial charge in [0.2, 0.25) is 0 Å². The lowest BCUT2D eigenvalue weighted by molar-refractivity contribution is -0.175. The predicted molar refractivity (Wildman–Crippen MR) is 92.8 cm³/mol. The highest BCUT2D eigenvalue weighted by Crippen LogP contribution is 2.71. The molecule has 0 saturated heterocycles. The number of Topliss-reactive ketones (excluding diaryl/α,β-unsaturated/α-hetero) is 1. The second-order valence-corrected chi connectivity index (χ2v) is 10.4. The maximum absolute atomic E-state index is 12.6. The second kappa shape index (κ2) is 5.07. The Balaban J connectivity index is 1.49. The van der Waals surface area contributed by atoms with Crippen molar-refractivity contribution in [3.63, 3.8) is 0 Å². The average molecular weight is 332 g/mol. The Morgan fingerprint density at radius 1 is 1.00 bits per heavy atom. The third-order valence-electron chi connectivity index (χ3n) is 9.71. The number of carbonyl (C=O) groups excluding carboxylic acids is 1. The van der Waals surface area contributed by atoms with Gasteiger partial charge in [-0.1, -0.05) is 13.8 Å². The van der Waals surface area contributed by atoms with Crippen molar-refractivity contribution in [3.05, 3.63) is 0 Å². The van der Waals surface area contributed by atoms with Crippen molar-refractivity contribution in [3.8, 4) is 0 Å². The lowest BCUT2D eigenvalue weighted by Crippen LogP contribution is -2.59. The van der Waals surface area contributed by atoms with Crippen LogP contribution in [0.4, 0.5) is 0 Å². The first-order valence-corrected chi connectivity index (χ1v) is 10.4. The van der Waals surface area contributed by atoms with Crippen LogP contribution in [-0.2, 0) is 9.63 Å². The molecular formula is C21H33NO2. The summed E-state index contributed by atoms with van der Waals surface area (Å²) in [7, 11) is 0. The molecule has 9 atom stereocenters. The molecule has 0 bridgehead atoms. The molecule has 5 rings (SSSR count). The van der Waals surface area contributed by atoms with Crippen molar-refractivity contribution in [2.75, 3.05) is 0 Å². The number of ketones is 1. The zero-order valence-electron chi connectivity index (χ0n) is 15.3. The molecule has 3 nitrogen and oxygen atoms in total. The highest BCUT2D eigenvalue weighted by atomic mass is 16.6. The summed E-state index contributed by atoms with van der Waals surface area (Å²) in [6.07, 6.45) is 11.1. The van der Waals surface area contributed by atoms with Gasteiger partial charge in [0.05, 0.1) is 6.10 Å². The first kappa shape index (κ1) is 15.8. The van der Waals surface area contributed by atoms with Gasteiger partial charge >= 0.3 is 0 Å². The molecule has 5 aliphatic rings. The van der Waals surface area contributed by atoms with E-state index in [0.29, 0.717) is 17.1 Å². The van der Waals surface area contributed by atoms with E-state index in [1.165, 1.54) is 38.5 Å². The molecule has 5 fully saturated rings. The largest absolute Gasteiger partial charge is 0.301 e. The van der Waals surface area contributed by atoms with Gasteiger partial charge in [0.25, 0.3) is 0 Å². The third-order valence-corrected chi connectivity index (χ3v) is 9.71. The van der Waals surface area contributed by atoms with Crippen LogP contribution < -0.4 is 5.90 Å². The average Bonchev–Trinajstić information content (AvgIpc) is 2.76. The molecule has 9 unspecified atom stereocenters. The van der Waals surface area contributed by atoms with E-state index in [2.05, 4.69) is 13.8 Å². The molecule has 5 saturated carbocycles. The van der Waals surface area contributed by atoms with Gasteiger partial charge in [0, 0.05) is 11.8 Å². The summed E-state index contributed by atoms with van der Waals surface area (Å²) in [4.78, 5) is 17.9. The molecule has 0 amide bonds. The summed E-state index contributed by atoms with van der Waals surface area (Å²) in [6.45, 7) is 4.90. The minimum absolute atomic E-state index is 0.0150. The summed E-state index contributed by atoms with van der Waals surface area (Å²) in [5.74, 6) is 11.1. The van der Waals surface area contributed by atoms with Crippen LogP contribution in [0.1, 0.15) is 71.6 Å². The number of nitrogens with two attached hydrogens (primary N) is 1. The smallest absolute Gasteiger partial charge is 0.139 e. The van der Waals surface area contributed by atoms with E-state index in [1.807, 2.05) is 0 Å². The van der Waals surface area contributed by atoms with Gasteiger partial charge in [-0.25, -0.2) is 5.90 Å². The SMILES string of the molecule is CC12CCC3C(CC4CC5CC(ON)CCC3(C)C54)C1CCC2=O. The summed E-state index contributed by atoms with van der Waals surface area (Å²) >= 11 is 0. The molecule has 0 aromatic rings. The first-order valence-electron chi connectivity index (χ1n) is 10.4. The van der Waals surface area contributed by atoms with Gasteiger partial charge in [0.15, 0.2) is 0 Å². The van der Waals surface area contributed by atoms with E-state index >= 15 is 0 Å². The van der Waals surface area contributed by atoms with Crippen LogP contribution in [0.25, 0.3) is 0 Å². The molecular weight excluding hydrogens is 298 g/mol. The Kier molecular flexibility index (Phi) is 3.34. The van der Waals surface area contributed by atoms with Crippen LogP contribution in [0.15, 0.2) is 0 Å². The van der Waals surface area contributed by atoms with Crippen LogP contribution >= 0.6 is 0 Å². The van der Waals surface area contributed by atoms with Gasteiger partial charge in [-0.05, 0) is 92.3 Å². The quantitative estimate of drug-likeness (QED) is 0.736. The van der Waals surface area contributed by atoms with Gasteiger partial charge in [-0.3, -0.25) is 4.79 Å². The summed E-state index contributed by atoms with van der Waals surface area (Å²) in [5, 5.41) is 0. The number of carbonyl (C=O) groups is 1. The molecule has 0 aromatic heterocycles. The number of hydrogen-bond donors (Lipinski definition) is 1. The number of fused-ring (bicyclic) bond motifs is 4. The lowest BCUT2D eigenvalue weighted by Gasteiger charge is -2.66. The maximum Gasteiger partial charge on any atom is 0.139 e. The third kappa shape index (κ3) is 1.84. The van der Waals surface area contributed by atoms with Gasteiger partial charge in [-0.15, -0.1) is 0 Å². The topological polar surface area (TPSA) is 52.3 Å². The van der Waals surface area contributed by atoms with E-state index in [0.717, 1.165) is 48.9 Å². The van der Waals surface area contributed by atoms with Gasteiger partial charge < -0.3 is 4.84 Å². The molecule has 0 heterocycles. The monoisotopic (exact) mass is 331 g/mol. The fourth-order valence-corrected chi connectivity index (χ4v) is 8.64. The van der Waals surface area contributed by atoms with Crippen molar-refractivity contribution < 1.29 is 9.63 Å². The van der Waals surface area contributed by atoms with Crippen molar-refractivity contribution >= 4 is 5.78 Å². The minimum atomic E-state index is 0.0150. The maximum atomic E-state index is 12.6. The Bertz CT molecular complexity index is 562. The Hall–Kier alpha value is -0.410. The van der Waals surface area contributed by atoms with Gasteiger partial charge in [0.1, 0.15) is 5.78 Å². The second-order valence-electron chi connectivity index (χ2n) is 10.4. The van der Waals surface area contributed by atoms with E-state index < -0.39 is 0 Å². The minimum Gasteiger partial charge on any atom is -0.301 e. The Morgan fingerprint density at radius 3 is 2.58 bits per heavy atom. The molecule has 134 valence electrons. The molecule has 5 aliphatic carbocycles. The molecule has 3 heteroatoms. The van der Waals surface area contributed by atoms with Crippen LogP contribution in [-0.4, -0.2) is 11.9 Å². The molecule has 0 radical (unpaired) electrons. The van der Waals surface area contributed by atoms with Crippen molar-refractivity contribution in [1.82, 2.24) is 0 Å². The zero-order valence-corrected chi connectivity index (χ0v) is 15.3. The predicted octanol–water partition coefficient (Wildman–Crippen LogP) is 4.10. The summed E-state index contributed by atoms with van der Waals surface area (Å²) < 4.78 is 0. The van der Waals surface area contributed by atoms with Crippen LogP contribution in [0.3, 0.4) is 0 Å². The Morgan fingerprint density at radius 2 is 1.79 bits per heavy atom. The fraction of sp³-hybridized carbons (Fsp3) is 0.952. The number of rotatable bonds is 1. The molecule has 2 N–H and O–H groups in total. The van der Waals surface area contributed by atoms with Crippen molar-refractivity contribution in [2.45, 2.75) is 77.7 Å². The van der Waals surface area contributed by atoms with E-state index in [1.54, 1.807) is 0 Å². The zero-order chi connectivity index (χ0) is 16.7. The Labute approximate surface area is 146 Å². The van der Waals surface area contributed by atoms with Crippen LogP contribution in [0.5, 0.6) is 0 Å². The van der Waals surface area contributed by atoms with E-state index in [4.69, 9.17) is 10.7 Å². The molecule has 0 aromatic carbocycles. The van der Waals surface area contributed by atoms with E-state index in [9.17, 15) is 4.79 Å². The highest BCUT2D eigenvalue weighted by Gasteiger charge is 2.65. The summed E-state index contributed by atoms with van der Waals surface area (Å²) in [6, 6.07) is 0. The van der Waals surface area contributed by atoms with Crippen LogP contribution in [0.2, 0.25) is 0 Å². The van der Waals surface area contributed by atoms with Gasteiger partial charge in [-0.2, -0.15) is 0 Å². The standard InChI is InChI=1S/C21H33NO2/c1-20-8-6-17-15(16(20)3-4-18(20)23)11-13-9-12-10-14(24-22)5-7-21(17,2)19(12)13/h12-17,19H,3-11,22H2,1-2H3. The summed E-state index contributed by atoms with van der Waals surface area (Å²) in [5.41, 5.74) is 0.484. The first-order chi connectivity index (χ1) is 11.5. The normalized spacial score (nSPS) is 59.0. The molecule has 24 heavy (non-hydrogen) atoms. The van der Waals surface area contributed by atoms with Crippen molar-refractivity contribution in [2.24, 2.45) is 52.2 Å². The molecule has 0 aliphatic heterocycles. The highest BCUT2D eigenvalue weighted by molar-refractivity contribution is 5.87. The fourth-order valence-electron chi connectivity index (χ4n) is 8.64. The van der Waals surface area contributed by atoms with Crippen molar-refractivity contribution in [1.29, 1.82) is 0 Å².